The molecule has 0 aliphatic rings. The minimum Gasteiger partial charge on any atom is -0.398 e. The second-order valence-electron chi connectivity index (χ2n) is 4.88. The average Bonchev–Trinajstić information content (AvgIpc) is 2.34. The van der Waals surface area contributed by atoms with Crippen LogP contribution in [0.4, 0.5) is 11.4 Å². The van der Waals surface area contributed by atoms with E-state index in [-0.39, 0.29) is 18.4 Å². The van der Waals surface area contributed by atoms with E-state index in [0.717, 1.165) is 11.3 Å². The highest BCUT2D eigenvalue weighted by molar-refractivity contribution is 5.92. The maximum Gasteiger partial charge on any atom is 0.231 e. The molecule has 0 aliphatic carbocycles. The molecule has 0 saturated heterocycles. The number of likely N-dealkylation sites (N-methyl/N-ethyl adjacent to an activating group) is 1. The number of amides is 2. The standard InChI is InChI=1S/C14H22N4O2/c1-10-11(15)5-3-6-12(10)17-14(20)7-4-8-18(2)9-13(16)19/h3,5-6H,4,7-9,15H2,1-2H3,(H2,16,19)(H,17,20). The van der Waals surface area contributed by atoms with Crippen molar-refractivity contribution in [1.29, 1.82) is 0 Å². The van der Waals surface area contributed by atoms with Crippen LogP contribution in [-0.2, 0) is 9.59 Å². The SMILES string of the molecule is Cc1c(N)cccc1NC(=O)CCCN(C)CC(N)=O. The third-order valence-electron chi connectivity index (χ3n) is 3.02. The van der Waals surface area contributed by atoms with Gasteiger partial charge >= 0.3 is 0 Å². The predicted octanol–water partition coefficient (Wildman–Crippen LogP) is 0.713. The number of nitrogen functional groups attached to an aromatic ring is 1. The van der Waals surface area contributed by atoms with Crippen molar-refractivity contribution in [2.45, 2.75) is 19.8 Å². The van der Waals surface area contributed by atoms with Gasteiger partial charge in [-0.05, 0) is 44.6 Å². The van der Waals surface area contributed by atoms with Crippen molar-refractivity contribution < 1.29 is 9.59 Å². The van der Waals surface area contributed by atoms with Crippen LogP contribution in [0.3, 0.4) is 0 Å². The number of nitrogens with one attached hydrogen (secondary N) is 1. The molecule has 0 radical (unpaired) electrons. The van der Waals surface area contributed by atoms with Gasteiger partial charge in [-0.25, -0.2) is 0 Å². The largest absolute Gasteiger partial charge is 0.398 e. The smallest absolute Gasteiger partial charge is 0.231 e. The van der Waals surface area contributed by atoms with E-state index in [1.165, 1.54) is 0 Å². The topological polar surface area (TPSA) is 101 Å². The van der Waals surface area contributed by atoms with Crippen molar-refractivity contribution in [3.63, 3.8) is 0 Å². The van der Waals surface area contributed by atoms with Crippen molar-refractivity contribution in [2.24, 2.45) is 5.73 Å². The summed E-state index contributed by atoms with van der Waals surface area (Å²) in [5, 5.41) is 2.84. The molecule has 2 amide bonds. The number of hydrogen-bond donors (Lipinski definition) is 3. The Labute approximate surface area is 119 Å². The second kappa shape index (κ2) is 7.49. The Morgan fingerprint density at radius 3 is 2.70 bits per heavy atom. The molecule has 110 valence electrons. The molecule has 0 spiro atoms. The van der Waals surface area contributed by atoms with Crippen molar-refractivity contribution in [3.05, 3.63) is 23.8 Å². The van der Waals surface area contributed by atoms with E-state index in [1.54, 1.807) is 24.1 Å². The fraction of sp³-hybridized carbons (Fsp3) is 0.429. The monoisotopic (exact) mass is 278 g/mol. The number of hydrogen-bond acceptors (Lipinski definition) is 4. The van der Waals surface area contributed by atoms with Crippen LogP contribution in [0.2, 0.25) is 0 Å². The fourth-order valence-electron chi connectivity index (χ4n) is 1.86. The first-order valence-corrected chi connectivity index (χ1v) is 6.52. The quantitative estimate of drug-likeness (QED) is 0.639. The molecule has 0 bridgehead atoms. The van der Waals surface area contributed by atoms with Crippen LogP contribution in [0.5, 0.6) is 0 Å². The number of carbonyl (C=O) groups excluding carboxylic acids is 2. The number of carbonyl (C=O) groups is 2. The first-order chi connectivity index (χ1) is 9.40. The zero-order chi connectivity index (χ0) is 15.1. The maximum absolute atomic E-state index is 11.8. The molecule has 0 saturated carbocycles. The number of rotatable bonds is 7. The minimum atomic E-state index is -0.368. The molecule has 1 rings (SSSR count). The number of benzene rings is 1. The molecule has 0 atom stereocenters. The highest BCUT2D eigenvalue weighted by Gasteiger charge is 2.07. The lowest BCUT2D eigenvalue weighted by Gasteiger charge is -2.14. The van der Waals surface area contributed by atoms with Gasteiger partial charge in [0.05, 0.1) is 6.54 Å². The Morgan fingerprint density at radius 2 is 2.05 bits per heavy atom. The van der Waals surface area contributed by atoms with E-state index in [0.29, 0.717) is 25.1 Å². The molecule has 0 unspecified atom stereocenters. The Balaban J connectivity index is 2.37. The maximum atomic E-state index is 11.8. The molecule has 6 heteroatoms. The zero-order valence-corrected chi connectivity index (χ0v) is 12.0. The summed E-state index contributed by atoms with van der Waals surface area (Å²) in [4.78, 5) is 24.3. The predicted molar refractivity (Wildman–Crippen MR) is 80.1 cm³/mol. The van der Waals surface area contributed by atoms with E-state index in [2.05, 4.69) is 5.32 Å². The van der Waals surface area contributed by atoms with Crippen LogP contribution in [-0.4, -0.2) is 36.9 Å². The van der Waals surface area contributed by atoms with Gasteiger partial charge in [-0.3, -0.25) is 14.5 Å². The number of anilines is 2. The van der Waals surface area contributed by atoms with Crippen LogP contribution < -0.4 is 16.8 Å². The summed E-state index contributed by atoms with van der Waals surface area (Å²) >= 11 is 0. The summed E-state index contributed by atoms with van der Waals surface area (Å²) in [6.07, 6.45) is 1.05. The van der Waals surface area contributed by atoms with Gasteiger partial charge in [-0.2, -0.15) is 0 Å². The van der Waals surface area contributed by atoms with Gasteiger partial charge < -0.3 is 16.8 Å². The van der Waals surface area contributed by atoms with Gasteiger partial charge in [-0.15, -0.1) is 0 Å². The second-order valence-corrected chi connectivity index (χ2v) is 4.88. The third kappa shape index (κ3) is 5.27. The van der Waals surface area contributed by atoms with Gasteiger partial charge in [0.2, 0.25) is 11.8 Å². The van der Waals surface area contributed by atoms with Crippen LogP contribution in [0, 0.1) is 6.92 Å². The van der Waals surface area contributed by atoms with Crippen LogP contribution >= 0.6 is 0 Å². The zero-order valence-electron chi connectivity index (χ0n) is 12.0. The lowest BCUT2D eigenvalue weighted by Crippen LogP contribution is -2.31. The summed E-state index contributed by atoms with van der Waals surface area (Å²) in [6.45, 7) is 2.72. The molecule has 0 fully saturated rings. The van der Waals surface area contributed by atoms with Crippen LogP contribution in [0.25, 0.3) is 0 Å². The molecule has 1 aromatic carbocycles. The number of primary amides is 1. The Hall–Kier alpha value is -2.08. The van der Waals surface area contributed by atoms with Gasteiger partial charge in [0.1, 0.15) is 0 Å². The van der Waals surface area contributed by atoms with E-state index in [1.807, 2.05) is 13.0 Å². The lowest BCUT2D eigenvalue weighted by molar-refractivity contribution is -0.118. The molecule has 6 nitrogen and oxygen atoms in total. The van der Waals surface area contributed by atoms with Gasteiger partial charge in [0.15, 0.2) is 0 Å². The Kier molecular flexibility index (Phi) is 5.99. The van der Waals surface area contributed by atoms with E-state index in [4.69, 9.17) is 11.5 Å². The summed E-state index contributed by atoms with van der Waals surface area (Å²) in [7, 11) is 1.80. The number of nitrogens with zero attached hydrogens (tertiary/aromatic N) is 1. The molecule has 0 heterocycles. The van der Waals surface area contributed by atoms with Crippen molar-refractivity contribution in [1.82, 2.24) is 4.90 Å². The van der Waals surface area contributed by atoms with Crippen molar-refractivity contribution in [3.8, 4) is 0 Å². The molecular weight excluding hydrogens is 256 g/mol. The molecule has 0 aromatic heterocycles. The Morgan fingerprint density at radius 1 is 1.35 bits per heavy atom. The first-order valence-electron chi connectivity index (χ1n) is 6.52. The van der Waals surface area contributed by atoms with E-state index >= 15 is 0 Å². The van der Waals surface area contributed by atoms with E-state index < -0.39 is 0 Å². The summed E-state index contributed by atoms with van der Waals surface area (Å²) in [5.74, 6) is -0.432. The van der Waals surface area contributed by atoms with E-state index in [9.17, 15) is 9.59 Å². The molecule has 5 N–H and O–H groups in total. The third-order valence-corrected chi connectivity index (χ3v) is 3.02. The van der Waals surface area contributed by atoms with Crippen molar-refractivity contribution >= 4 is 23.2 Å². The average molecular weight is 278 g/mol. The van der Waals surface area contributed by atoms with Gasteiger partial charge in [0, 0.05) is 17.8 Å². The van der Waals surface area contributed by atoms with Gasteiger partial charge in [0.25, 0.3) is 0 Å². The van der Waals surface area contributed by atoms with Crippen LogP contribution in [0.1, 0.15) is 18.4 Å². The normalized spacial score (nSPS) is 10.6. The lowest BCUT2D eigenvalue weighted by atomic mass is 10.1. The highest BCUT2D eigenvalue weighted by atomic mass is 16.2. The summed E-state index contributed by atoms with van der Waals surface area (Å²) in [5.41, 5.74) is 13.1. The van der Waals surface area contributed by atoms with Crippen LogP contribution in [0.15, 0.2) is 18.2 Å². The highest BCUT2D eigenvalue weighted by Crippen LogP contribution is 2.20. The molecule has 0 aliphatic heterocycles. The van der Waals surface area contributed by atoms with Gasteiger partial charge in [-0.1, -0.05) is 6.07 Å². The molecular formula is C14H22N4O2. The molecule has 1 aromatic rings. The minimum absolute atomic E-state index is 0.0637. The first kappa shape index (κ1) is 16.0. The number of nitrogens with two attached hydrogens (primary N) is 2. The summed E-state index contributed by atoms with van der Waals surface area (Å²) < 4.78 is 0. The molecule has 20 heavy (non-hydrogen) atoms. The van der Waals surface area contributed by atoms with Crippen molar-refractivity contribution in [2.75, 3.05) is 31.2 Å². The Bertz CT molecular complexity index is 488. The summed E-state index contributed by atoms with van der Waals surface area (Å²) in [6, 6.07) is 5.42. The fourth-order valence-corrected chi connectivity index (χ4v) is 1.86.